The molecule has 1 aliphatic carbocycles. The third kappa shape index (κ3) is 4.89. The zero-order valence-electron chi connectivity index (χ0n) is 15.9. The van der Waals surface area contributed by atoms with Crippen LogP contribution < -0.4 is 10.6 Å². The van der Waals surface area contributed by atoms with Gasteiger partial charge in [0.25, 0.3) is 5.91 Å². The molecular formula is C23H22N2O2S2. The monoisotopic (exact) mass is 422 g/mol. The summed E-state index contributed by atoms with van der Waals surface area (Å²) in [7, 11) is 0. The molecule has 4 nitrogen and oxygen atoms in total. The topological polar surface area (TPSA) is 58.2 Å². The van der Waals surface area contributed by atoms with E-state index in [0.717, 1.165) is 41.8 Å². The molecule has 1 aliphatic rings. The minimum atomic E-state index is -0.151. The number of para-hydroxylation sites is 1. The van der Waals surface area contributed by atoms with Crippen molar-refractivity contribution in [1.82, 2.24) is 0 Å². The number of hydrogen-bond donors (Lipinski definition) is 2. The summed E-state index contributed by atoms with van der Waals surface area (Å²) in [6, 6.07) is 19.3. The Morgan fingerprint density at radius 3 is 2.34 bits per heavy atom. The maximum atomic E-state index is 13.1. The molecule has 0 saturated heterocycles. The van der Waals surface area contributed by atoms with Crippen LogP contribution in [0.1, 0.15) is 33.6 Å². The number of thiophene rings is 1. The van der Waals surface area contributed by atoms with Crippen molar-refractivity contribution >= 4 is 45.6 Å². The van der Waals surface area contributed by atoms with Gasteiger partial charge in [0, 0.05) is 15.5 Å². The quantitative estimate of drug-likeness (QED) is 0.508. The lowest BCUT2D eigenvalue weighted by atomic mass is 9.95. The van der Waals surface area contributed by atoms with Crippen LogP contribution in [0.25, 0.3) is 0 Å². The number of nitrogens with one attached hydrogen (secondary N) is 2. The third-order valence-corrected chi connectivity index (χ3v) is 7.02. The van der Waals surface area contributed by atoms with E-state index in [1.807, 2.05) is 60.7 Å². The van der Waals surface area contributed by atoms with Gasteiger partial charge in [-0.25, -0.2) is 0 Å². The van der Waals surface area contributed by atoms with Crippen molar-refractivity contribution < 1.29 is 9.59 Å². The van der Waals surface area contributed by atoms with Gasteiger partial charge in [0.15, 0.2) is 0 Å². The van der Waals surface area contributed by atoms with Crippen molar-refractivity contribution in [3.8, 4) is 0 Å². The Bertz CT molecular complexity index is 1000. The van der Waals surface area contributed by atoms with Crippen LogP contribution in [0, 0.1) is 0 Å². The van der Waals surface area contributed by atoms with E-state index in [1.54, 1.807) is 11.3 Å². The zero-order valence-corrected chi connectivity index (χ0v) is 17.6. The summed E-state index contributed by atoms with van der Waals surface area (Å²) in [5, 5.41) is 6.65. The predicted molar refractivity (Wildman–Crippen MR) is 121 cm³/mol. The molecule has 0 bridgehead atoms. The minimum absolute atomic E-state index is 0.0915. The van der Waals surface area contributed by atoms with Gasteiger partial charge in [0.05, 0.1) is 11.3 Å². The first kappa shape index (κ1) is 19.7. The largest absolute Gasteiger partial charge is 0.322 e. The average Bonchev–Trinajstić information content (AvgIpc) is 3.11. The molecule has 2 N–H and O–H groups in total. The summed E-state index contributed by atoms with van der Waals surface area (Å²) < 4.78 is 0. The number of rotatable bonds is 6. The molecule has 2 amide bonds. The Balaban J connectivity index is 1.52. The molecule has 29 heavy (non-hydrogen) atoms. The van der Waals surface area contributed by atoms with Gasteiger partial charge in [-0.15, -0.1) is 23.1 Å². The summed E-state index contributed by atoms with van der Waals surface area (Å²) in [6.07, 6.45) is 4.06. The minimum Gasteiger partial charge on any atom is -0.322 e. The van der Waals surface area contributed by atoms with Crippen molar-refractivity contribution in [2.45, 2.75) is 30.6 Å². The summed E-state index contributed by atoms with van der Waals surface area (Å²) in [6.45, 7) is 0. The smallest absolute Gasteiger partial charge is 0.258 e. The molecule has 4 rings (SSSR count). The van der Waals surface area contributed by atoms with E-state index in [-0.39, 0.29) is 11.8 Å². The number of fused-ring (bicyclic) bond motifs is 1. The van der Waals surface area contributed by atoms with Crippen LogP contribution in [0.4, 0.5) is 10.7 Å². The van der Waals surface area contributed by atoms with Crippen molar-refractivity contribution in [1.29, 1.82) is 0 Å². The summed E-state index contributed by atoms with van der Waals surface area (Å²) in [5.41, 5.74) is 2.48. The van der Waals surface area contributed by atoms with Gasteiger partial charge in [-0.3, -0.25) is 9.59 Å². The molecule has 6 heteroatoms. The van der Waals surface area contributed by atoms with Crippen LogP contribution in [0.3, 0.4) is 0 Å². The van der Waals surface area contributed by atoms with Gasteiger partial charge in [-0.1, -0.05) is 36.4 Å². The SMILES string of the molecule is O=C(CSc1ccccc1)Nc1sc2c(c1C(=O)Nc1ccccc1)CCCC2. The molecule has 0 atom stereocenters. The molecule has 0 fully saturated rings. The molecule has 1 heterocycles. The highest BCUT2D eigenvalue weighted by atomic mass is 32.2. The highest BCUT2D eigenvalue weighted by Gasteiger charge is 2.26. The normalized spacial score (nSPS) is 12.8. The number of anilines is 2. The number of benzene rings is 2. The molecular weight excluding hydrogens is 400 g/mol. The van der Waals surface area contributed by atoms with Gasteiger partial charge >= 0.3 is 0 Å². The molecule has 3 aromatic rings. The number of amides is 2. The van der Waals surface area contributed by atoms with Crippen molar-refractivity contribution in [2.24, 2.45) is 0 Å². The second-order valence-corrected chi connectivity index (χ2v) is 9.04. The predicted octanol–water partition coefficient (Wildman–Crippen LogP) is 5.61. The van der Waals surface area contributed by atoms with E-state index in [0.29, 0.717) is 16.3 Å². The van der Waals surface area contributed by atoms with Gasteiger partial charge in [0.2, 0.25) is 5.91 Å². The third-order valence-electron chi connectivity index (χ3n) is 4.80. The first-order chi connectivity index (χ1) is 14.2. The maximum absolute atomic E-state index is 13.1. The molecule has 0 radical (unpaired) electrons. The lowest BCUT2D eigenvalue weighted by Crippen LogP contribution is -2.19. The second kappa shape index (κ2) is 9.29. The first-order valence-corrected chi connectivity index (χ1v) is 11.5. The molecule has 2 aromatic carbocycles. The first-order valence-electron chi connectivity index (χ1n) is 9.69. The Hall–Kier alpha value is -2.57. The van der Waals surface area contributed by atoms with E-state index in [4.69, 9.17) is 0 Å². The molecule has 148 valence electrons. The number of thioether (sulfide) groups is 1. The number of aryl methyl sites for hydroxylation is 1. The highest BCUT2D eigenvalue weighted by molar-refractivity contribution is 8.00. The standard InChI is InChI=1S/C23H22N2O2S2/c26-20(15-28-17-11-5-2-6-12-17)25-23-21(18-13-7-8-14-19(18)29-23)22(27)24-16-9-3-1-4-10-16/h1-6,9-12H,7-8,13-15H2,(H,24,27)(H,25,26). The Labute approximate surface area is 178 Å². The molecule has 1 aromatic heterocycles. The summed E-state index contributed by atoms with van der Waals surface area (Å²) in [4.78, 5) is 27.9. The molecule has 0 spiro atoms. The van der Waals surface area contributed by atoms with Crippen molar-refractivity contribution in [3.05, 3.63) is 76.7 Å². The summed E-state index contributed by atoms with van der Waals surface area (Å²) in [5.74, 6) is 0.0691. The fraction of sp³-hybridized carbons (Fsp3) is 0.217. The van der Waals surface area contributed by atoms with E-state index < -0.39 is 0 Å². The zero-order chi connectivity index (χ0) is 20.1. The molecule has 0 aliphatic heterocycles. The van der Waals surface area contributed by atoms with E-state index >= 15 is 0 Å². The second-order valence-electron chi connectivity index (χ2n) is 6.89. The lowest BCUT2D eigenvalue weighted by Gasteiger charge is -2.13. The van der Waals surface area contributed by atoms with Crippen LogP contribution >= 0.6 is 23.1 Å². The molecule has 0 saturated carbocycles. The summed E-state index contributed by atoms with van der Waals surface area (Å²) >= 11 is 3.04. The number of carbonyl (C=O) groups is 2. The van der Waals surface area contributed by atoms with Crippen LogP contribution in [-0.2, 0) is 17.6 Å². The maximum Gasteiger partial charge on any atom is 0.258 e. The van der Waals surface area contributed by atoms with Gasteiger partial charge in [-0.2, -0.15) is 0 Å². The van der Waals surface area contributed by atoms with Gasteiger partial charge in [0.1, 0.15) is 5.00 Å². The Morgan fingerprint density at radius 2 is 1.59 bits per heavy atom. The highest BCUT2D eigenvalue weighted by Crippen LogP contribution is 2.38. The van der Waals surface area contributed by atoms with Crippen LogP contribution in [0.5, 0.6) is 0 Å². The fourth-order valence-electron chi connectivity index (χ4n) is 3.44. The molecule has 0 unspecified atom stereocenters. The Morgan fingerprint density at radius 1 is 0.897 bits per heavy atom. The van der Waals surface area contributed by atoms with Gasteiger partial charge < -0.3 is 10.6 Å². The number of carbonyl (C=O) groups excluding carboxylic acids is 2. The van der Waals surface area contributed by atoms with E-state index in [1.165, 1.54) is 16.6 Å². The van der Waals surface area contributed by atoms with Gasteiger partial charge in [-0.05, 0) is 55.5 Å². The van der Waals surface area contributed by atoms with Crippen LogP contribution in [0.2, 0.25) is 0 Å². The van der Waals surface area contributed by atoms with E-state index in [2.05, 4.69) is 10.6 Å². The fourth-order valence-corrected chi connectivity index (χ4v) is 5.46. The van der Waals surface area contributed by atoms with Crippen LogP contribution in [0.15, 0.2) is 65.6 Å². The lowest BCUT2D eigenvalue weighted by molar-refractivity contribution is -0.113. The van der Waals surface area contributed by atoms with Crippen molar-refractivity contribution in [2.75, 3.05) is 16.4 Å². The average molecular weight is 423 g/mol. The Kier molecular flexibility index (Phi) is 6.32. The number of hydrogen-bond acceptors (Lipinski definition) is 4. The van der Waals surface area contributed by atoms with Crippen LogP contribution in [-0.4, -0.2) is 17.6 Å². The van der Waals surface area contributed by atoms with Crippen molar-refractivity contribution in [3.63, 3.8) is 0 Å². The van der Waals surface area contributed by atoms with E-state index in [9.17, 15) is 9.59 Å².